The first-order valence-corrected chi connectivity index (χ1v) is 7.26. The van der Waals surface area contributed by atoms with Crippen molar-refractivity contribution in [2.45, 2.75) is 32.0 Å². The van der Waals surface area contributed by atoms with Gasteiger partial charge < -0.3 is 9.84 Å². The van der Waals surface area contributed by atoms with E-state index in [0.29, 0.717) is 6.61 Å². The minimum absolute atomic E-state index is 0.257. The summed E-state index contributed by atoms with van der Waals surface area (Å²) < 4.78 is 5.83. The molecule has 1 heterocycles. The largest absolute Gasteiger partial charge is 0.385 e. The van der Waals surface area contributed by atoms with Crippen LogP contribution in [-0.2, 0) is 17.6 Å². The minimum Gasteiger partial charge on any atom is -0.385 e. The van der Waals surface area contributed by atoms with Crippen LogP contribution in [0.25, 0.3) is 0 Å². The first kappa shape index (κ1) is 13.3. The molecule has 2 nitrogen and oxygen atoms in total. The molecule has 3 rings (SSSR count). The third-order valence-corrected chi connectivity index (χ3v) is 4.05. The average molecular weight is 268 g/mol. The molecule has 2 aromatic rings. The number of benzene rings is 2. The lowest BCUT2D eigenvalue weighted by molar-refractivity contribution is -0.0483. The molecule has 2 unspecified atom stereocenters. The van der Waals surface area contributed by atoms with Gasteiger partial charge in [-0.05, 0) is 35.1 Å². The normalized spacial score (nSPS) is 19.4. The first-order chi connectivity index (χ1) is 9.79. The van der Waals surface area contributed by atoms with Crippen LogP contribution in [0.2, 0.25) is 0 Å². The number of rotatable bonds is 3. The number of hydrogen-bond acceptors (Lipinski definition) is 2. The molecule has 0 aromatic heterocycles. The van der Waals surface area contributed by atoms with Gasteiger partial charge in [0, 0.05) is 0 Å². The Morgan fingerprint density at radius 3 is 2.65 bits per heavy atom. The second-order valence-electron chi connectivity index (χ2n) is 5.28. The van der Waals surface area contributed by atoms with E-state index >= 15 is 0 Å². The lowest BCUT2D eigenvalue weighted by atomic mass is 9.91. The predicted octanol–water partition coefficient (Wildman–Crippen LogP) is 3.60. The summed E-state index contributed by atoms with van der Waals surface area (Å²) in [7, 11) is 0. The van der Waals surface area contributed by atoms with Crippen molar-refractivity contribution in [3.8, 4) is 0 Å². The second kappa shape index (κ2) is 5.78. The van der Waals surface area contributed by atoms with Crippen molar-refractivity contribution in [2.75, 3.05) is 6.61 Å². The molecule has 1 aliphatic heterocycles. The Hall–Kier alpha value is -1.64. The fourth-order valence-electron chi connectivity index (χ4n) is 2.81. The summed E-state index contributed by atoms with van der Waals surface area (Å²) in [6, 6.07) is 16.4. The highest BCUT2D eigenvalue weighted by atomic mass is 16.5. The van der Waals surface area contributed by atoms with Crippen LogP contribution in [0.4, 0.5) is 0 Å². The lowest BCUT2D eigenvalue weighted by Gasteiger charge is -2.30. The van der Waals surface area contributed by atoms with Gasteiger partial charge in [0.05, 0.1) is 6.61 Å². The molecule has 0 saturated heterocycles. The van der Waals surface area contributed by atoms with E-state index in [9.17, 15) is 5.11 Å². The third kappa shape index (κ3) is 2.49. The first-order valence-electron chi connectivity index (χ1n) is 7.26. The molecule has 0 radical (unpaired) electrons. The molecular formula is C18H20O2. The predicted molar refractivity (Wildman–Crippen MR) is 79.6 cm³/mol. The van der Waals surface area contributed by atoms with E-state index in [-0.39, 0.29) is 6.10 Å². The lowest BCUT2D eigenvalue weighted by Crippen LogP contribution is -2.22. The highest BCUT2D eigenvalue weighted by Crippen LogP contribution is 2.36. The maximum absolute atomic E-state index is 10.6. The molecule has 2 aromatic carbocycles. The molecule has 1 N–H and O–H groups in total. The SMILES string of the molecule is CCc1ccc(C(O)C2OCCc3ccccc32)cc1. The number of ether oxygens (including phenoxy) is 1. The Bertz CT molecular complexity index is 574. The summed E-state index contributed by atoms with van der Waals surface area (Å²) in [5, 5.41) is 10.6. The fraction of sp³-hybridized carbons (Fsp3) is 0.333. The molecule has 0 fully saturated rings. The molecule has 2 heteroatoms. The van der Waals surface area contributed by atoms with Crippen LogP contribution in [0.5, 0.6) is 0 Å². The van der Waals surface area contributed by atoms with E-state index in [0.717, 1.165) is 24.0 Å². The van der Waals surface area contributed by atoms with Crippen LogP contribution < -0.4 is 0 Å². The second-order valence-corrected chi connectivity index (χ2v) is 5.28. The number of hydrogen-bond donors (Lipinski definition) is 1. The fourth-order valence-corrected chi connectivity index (χ4v) is 2.81. The van der Waals surface area contributed by atoms with Gasteiger partial charge in [0.15, 0.2) is 0 Å². The highest BCUT2D eigenvalue weighted by molar-refractivity contribution is 5.34. The number of aliphatic hydroxyl groups is 1. The summed E-state index contributed by atoms with van der Waals surface area (Å²) >= 11 is 0. The zero-order valence-corrected chi connectivity index (χ0v) is 11.8. The van der Waals surface area contributed by atoms with Gasteiger partial charge >= 0.3 is 0 Å². The van der Waals surface area contributed by atoms with Crippen molar-refractivity contribution in [2.24, 2.45) is 0 Å². The van der Waals surface area contributed by atoms with Gasteiger partial charge in [-0.3, -0.25) is 0 Å². The van der Waals surface area contributed by atoms with E-state index in [1.165, 1.54) is 11.1 Å². The van der Waals surface area contributed by atoms with Gasteiger partial charge in [0.2, 0.25) is 0 Å². The Morgan fingerprint density at radius 2 is 1.90 bits per heavy atom. The summed E-state index contributed by atoms with van der Waals surface area (Å²) in [5.41, 5.74) is 4.61. The molecule has 0 amide bonds. The smallest absolute Gasteiger partial charge is 0.113 e. The standard InChI is InChI=1S/C18H20O2/c1-2-13-7-9-15(10-8-13)17(19)18-16-6-4-3-5-14(16)11-12-20-18/h3-10,17-19H,2,11-12H2,1H3. The van der Waals surface area contributed by atoms with Crippen LogP contribution in [-0.4, -0.2) is 11.7 Å². The van der Waals surface area contributed by atoms with Crippen LogP contribution >= 0.6 is 0 Å². The van der Waals surface area contributed by atoms with Crippen molar-refractivity contribution >= 4 is 0 Å². The Morgan fingerprint density at radius 1 is 1.15 bits per heavy atom. The van der Waals surface area contributed by atoms with Gasteiger partial charge in [0.25, 0.3) is 0 Å². The average Bonchev–Trinajstić information content (AvgIpc) is 2.54. The van der Waals surface area contributed by atoms with Crippen LogP contribution in [0.3, 0.4) is 0 Å². The van der Waals surface area contributed by atoms with E-state index in [4.69, 9.17) is 4.74 Å². The van der Waals surface area contributed by atoms with E-state index in [1.807, 2.05) is 24.3 Å². The number of aliphatic hydroxyl groups excluding tert-OH is 1. The van der Waals surface area contributed by atoms with Gasteiger partial charge in [-0.15, -0.1) is 0 Å². The van der Waals surface area contributed by atoms with Crippen molar-refractivity contribution in [3.05, 3.63) is 70.8 Å². The van der Waals surface area contributed by atoms with Gasteiger partial charge in [-0.25, -0.2) is 0 Å². The molecule has 0 spiro atoms. The number of fused-ring (bicyclic) bond motifs is 1. The van der Waals surface area contributed by atoms with Crippen LogP contribution in [0, 0.1) is 0 Å². The summed E-state index contributed by atoms with van der Waals surface area (Å²) in [4.78, 5) is 0. The molecular weight excluding hydrogens is 248 g/mol. The Kier molecular flexibility index (Phi) is 3.86. The molecule has 2 atom stereocenters. The summed E-state index contributed by atoms with van der Waals surface area (Å²) in [6.07, 6.45) is 1.07. The van der Waals surface area contributed by atoms with Crippen molar-refractivity contribution in [3.63, 3.8) is 0 Å². The number of aryl methyl sites for hydroxylation is 1. The maximum Gasteiger partial charge on any atom is 0.113 e. The van der Waals surface area contributed by atoms with E-state index in [1.54, 1.807) is 0 Å². The van der Waals surface area contributed by atoms with E-state index in [2.05, 4.69) is 31.2 Å². The molecule has 0 saturated carbocycles. The molecule has 1 aliphatic rings. The zero-order chi connectivity index (χ0) is 13.9. The molecule has 104 valence electrons. The summed E-state index contributed by atoms with van der Waals surface area (Å²) in [5.74, 6) is 0. The van der Waals surface area contributed by atoms with Gasteiger partial charge in [0.1, 0.15) is 12.2 Å². The van der Waals surface area contributed by atoms with Crippen molar-refractivity contribution in [1.29, 1.82) is 0 Å². The van der Waals surface area contributed by atoms with Gasteiger partial charge in [-0.1, -0.05) is 55.5 Å². The monoisotopic (exact) mass is 268 g/mol. The molecule has 0 bridgehead atoms. The quantitative estimate of drug-likeness (QED) is 0.921. The topological polar surface area (TPSA) is 29.5 Å². The Balaban J connectivity index is 1.89. The van der Waals surface area contributed by atoms with E-state index < -0.39 is 6.10 Å². The Labute approximate surface area is 120 Å². The van der Waals surface area contributed by atoms with Gasteiger partial charge in [-0.2, -0.15) is 0 Å². The zero-order valence-electron chi connectivity index (χ0n) is 11.8. The van der Waals surface area contributed by atoms with Crippen molar-refractivity contribution in [1.82, 2.24) is 0 Å². The van der Waals surface area contributed by atoms with Crippen molar-refractivity contribution < 1.29 is 9.84 Å². The van der Waals surface area contributed by atoms with Crippen LogP contribution in [0.1, 0.15) is 41.4 Å². The minimum atomic E-state index is -0.609. The molecule has 0 aliphatic carbocycles. The van der Waals surface area contributed by atoms with Crippen LogP contribution in [0.15, 0.2) is 48.5 Å². The summed E-state index contributed by atoms with van der Waals surface area (Å²) in [6.45, 7) is 2.80. The maximum atomic E-state index is 10.6. The molecule has 20 heavy (non-hydrogen) atoms. The third-order valence-electron chi connectivity index (χ3n) is 4.05. The highest BCUT2D eigenvalue weighted by Gasteiger charge is 2.28.